The van der Waals surface area contributed by atoms with Crippen LogP contribution in [-0.2, 0) is 19.1 Å². The molecule has 3 aliphatic heterocycles. The minimum Gasteiger partial charge on any atom is -0.444 e. The number of likely N-dealkylation sites (tertiary alicyclic amines) is 2. The zero-order chi connectivity index (χ0) is 32.4. The Kier molecular flexibility index (Phi) is 8.98. The van der Waals surface area contributed by atoms with Gasteiger partial charge >= 0.3 is 6.09 Å². The van der Waals surface area contributed by atoms with Crippen LogP contribution in [0, 0.1) is 0 Å². The number of carbonyl (C=O) groups is 4. The third kappa shape index (κ3) is 6.86. The Morgan fingerprint density at radius 3 is 2.53 bits per heavy atom. The van der Waals surface area contributed by atoms with Gasteiger partial charge in [-0.3, -0.25) is 19.5 Å². The van der Waals surface area contributed by atoms with Gasteiger partial charge < -0.3 is 29.7 Å². The highest BCUT2D eigenvalue weighted by molar-refractivity contribution is 5.99. The summed E-state index contributed by atoms with van der Waals surface area (Å²) < 4.78 is 5.46. The third-order valence-corrected chi connectivity index (χ3v) is 8.51. The predicted octanol–water partition coefficient (Wildman–Crippen LogP) is 2.94. The van der Waals surface area contributed by atoms with Gasteiger partial charge in [-0.05, 0) is 71.9 Å². The van der Waals surface area contributed by atoms with E-state index in [1.54, 1.807) is 33.9 Å². The molecule has 3 saturated heterocycles. The molecule has 5 rings (SSSR count). The van der Waals surface area contributed by atoms with Crippen LogP contribution in [0.15, 0.2) is 47.1 Å². The van der Waals surface area contributed by atoms with Gasteiger partial charge in [-0.25, -0.2) is 9.79 Å². The van der Waals surface area contributed by atoms with E-state index in [4.69, 9.17) is 4.74 Å². The van der Waals surface area contributed by atoms with Crippen molar-refractivity contribution in [2.24, 2.45) is 4.99 Å². The first-order valence-electron chi connectivity index (χ1n) is 15.3. The number of hydrogen-bond donors (Lipinski definition) is 2. The van der Waals surface area contributed by atoms with Crippen molar-refractivity contribution in [2.45, 2.75) is 64.1 Å². The Bertz CT molecular complexity index is 1470. The van der Waals surface area contributed by atoms with Crippen molar-refractivity contribution in [3.8, 4) is 0 Å². The monoisotopic (exact) mass is 618 g/mol. The molecule has 4 heterocycles. The average molecular weight is 619 g/mol. The van der Waals surface area contributed by atoms with Crippen LogP contribution in [0.1, 0.15) is 52.5 Å². The number of hydrogen-bond acceptors (Lipinski definition) is 8. The second-order valence-corrected chi connectivity index (χ2v) is 12.9. The van der Waals surface area contributed by atoms with E-state index in [0.717, 1.165) is 5.69 Å². The van der Waals surface area contributed by atoms with Crippen molar-refractivity contribution in [3.63, 3.8) is 0 Å². The third-order valence-electron chi connectivity index (χ3n) is 8.51. The lowest BCUT2D eigenvalue weighted by Gasteiger charge is -2.43. The van der Waals surface area contributed by atoms with Crippen LogP contribution in [0.25, 0.3) is 6.08 Å². The van der Waals surface area contributed by atoms with Gasteiger partial charge in [0.1, 0.15) is 17.7 Å². The Balaban J connectivity index is 1.24. The number of aliphatic imine (C=N–C) groups is 1. The van der Waals surface area contributed by atoms with Gasteiger partial charge in [-0.1, -0.05) is 18.2 Å². The van der Waals surface area contributed by atoms with Crippen molar-refractivity contribution >= 4 is 48.1 Å². The van der Waals surface area contributed by atoms with E-state index in [-0.39, 0.29) is 37.0 Å². The molecule has 0 bridgehead atoms. The first-order chi connectivity index (χ1) is 21.4. The molecule has 1 aromatic heterocycles. The van der Waals surface area contributed by atoms with Crippen LogP contribution in [0.3, 0.4) is 0 Å². The molecule has 1 aromatic carbocycles. The summed E-state index contributed by atoms with van der Waals surface area (Å²) in [4.78, 5) is 64.0. The lowest BCUT2D eigenvalue weighted by atomic mass is 9.85. The average Bonchev–Trinajstić information content (AvgIpc) is 3.72. The second-order valence-electron chi connectivity index (χ2n) is 12.9. The van der Waals surface area contributed by atoms with Crippen LogP contribution < -0.4 is 10.2 Å². The smallest absolute Gasteiger partial charge is 0.410 e. The first kappa shape index (κ1) is 31.7. The maximum atomic E-state index is 14.1. The Hall–Kier alpha value is -4.68. The number of anilines is 1. The zero-order valence-electron chi connectivity index (χ0n) is 26.4. The van der Waals surface area contributed by atoms with E-state index >= 15 is 0 Å². The number of carbonyl (C=O) groups excluding carboxylic acids is 4. The molecule has 0 radical (unpaired) electrons. The molecule has 240 valence electrons. The van der Waals surface area contributed by atoms with Crippen LogP contribution in [0.2, 0.25) is 0 Å². The van der Waals surface area contributed by atoms with Gasteiger partial charge in [-0.15, -0.1) is 0 Å². The van der Waals surface area contributed by atoms with E-state index in [2.05, 4.69) is 32.1 Å². The van der Waals surface area contributed by atoms with Gasteiger partial charge in [0.2, 0.25) is 11.8 Å². The normalized spacial score (nSPS) is 20.1. The summed E-state index contributed by atoms with van der Waals surface area (Å²) in [6, 6.07) is 9.48. The minimum absolute atomic E-state index is 0.0955. The van der Waals surface area contributed by atoms with Crippen LogP contribution >= 0.6 is 0 Å². The molecule has 0 aliphatic carbocycles. The van der Waals surface area contributed by atoms with Crippen molar-refractivity contribution < 1.29 is 23.9 Å². The molecule has 13 nitrogen and oxygen atoms in total. The number of nitrogens with zero attached hydrogens (tertiary/aromatic N) is 6. The van der Waals surface area contributed by atoms with E-state index < -0.39 is 17.2 Å². The molecule has 2 N–H and O–H groups in total. The zero-order valence-corrected chi connectivity index (χ0v) is 26.4. The predicted molar refractivity (Wildman–Crippen MR) is 170 cm³/mol. The van der Waals surface area contributed by atoms with E-state index in [9.17, 15) is 19.2 Å². The molecule has 0 saturated carbocycles. The van der Waals surface area contributed by atoms with E-state index in [0.29, 0.717) is 62.4 Å². The Morgan fingerprint density at radius 2 is 1.87 bits per heavy atom. The van der Waals surface area contributed by atoms with Crippen molar-refractivity contribution in [1.82, 2.24) is 30.2 Å². The number of para-hydroxylation sites is 1. The van der Waals surface area contributed by atoms with Crippen LogP contribution in [0.4, 0.5) is 16.3 Å². The summed E-state index contributed by atoms with van der Waals surface area (Å²) in [5.74, 6) is -0.0218. The number of H-pyrrole nitrogens is 1. The number of nitrogens with one attached hydrogen (secondary N) is 2. The highest BCUT2D eigenvalue weighted by Gasteiger charge is 2.54. The number of rotatable bonds is 7. The fourth-order valence-corrected chi connectivity index (χ4v) is 6.28. The maximum Gasteiger partial charge on any atom is 0.410 e. The fourth-order valence-electron chi connectivity index (χ4n) is 6.28. The number of ether oxygens (including phenoxy) is 1. The molecule has 0 unspecified atom stereocenters. The summed E-state index contributed by atoms with van der Waals surface area (Å²) in [5, 5.41) is 9.71. The topological polar surface area (TPSA) is 144 Å². The van der Waals surface area contributed by atoms with Crippen LogP contribution in [0.5, 0.6) is 0 Å². The lowest BCUT2D eigenvalue weighted by Crippen LogP contribution is -2.57. The van der Waals surface area contributed by atoms with E-state index in [1.165, 1.54) is 0 Å². The van der Waals surface area contributed by atoms with Gasteiger partial charge in [0, 0.05) is 49.0 Å². The highest BCUT2D eigenvalue weighted by Crippen LogP contribution is 2.39. The minimum atomic E-state index is -0.874. The number of aromatic nitrogens is 2. The summed E-state index contributed by atoms with van der Waals surface area (Å²) in [5.41, 5.74) is 0.626. The number of amides is 4. The first-order valence-corrected chi connectivity index (χ1v) is 15.3. The standard InChI is InChI=1S/C32H42N8O5/c1-22(17-23-18-34-36-27(23)33-5)28(42)37-15-12-32(13-16-37)29(43)39(21-40(32)25-9-7-6-8-10-25)20-26(41)35-24-11-14-38(19-24)30(44)45-31(2,3)4/h6-10,17-18,24H,5,11-16,19-21H2,1-4H3,(H,34,36)(H,35,41)/b22-17+/t24-/m1/s1. The largest absolute Gasteiger partial charge is 0.444 e. The van der Waals surface area contributed by atoms with Gasteiger partial charge in [0.05, 0.1) is 12.9 Å². The molecule has 13 heteroatoms. The van der Waals surface area contributed by atoms with E-state index in [1.807, 2.05) is 51.1 Å². The molecule has 1 spiro atoms. The van der Waals surface area contributed by atoms with Crippen LogP contribution in [-0.4, -0.2) is 112 Å². The summed E-state index contributed by atoms with van der Waals surface area (Å²) in [6.07, 6.45) is 4.39. The second kappa shape index (κ2) is 12.7. The van der Waals surface area contributed by atoms with Gasteiger partial charge in [0.25, 0.3) is 5.91 Å². The summed E-state index contributed by atoms with van der Waals surface area (Å²) in [7, 11) is 0. The quantitative estimate of drug-likeness (QED) is 0.359. The molecule has 3 aliphatic rings. The molecular formula is C32H42N8O5. The molecular weight excluding hydrogens is 576 g/mol. The van der Waals surface area contributed by atoms with Crippen molar-refractivity contribution in [2.75, 3.05) is 44.3 Å². The van der Waals surface area contributed by atoms with Gasteiger partial charge in [-0.2, -0.15) is 5.10 Å². The Morgan fingerprint density at radius 1 is 1.16 bits per heavy atom. The molecule has 3 fully saturated rings. The fraction of sp³-hybridized carbons (Fsp3) is 0.500. The SMILES string of the molecule is C=Nc1[nH]ncc1/C=C(\C)C(=O)N1CCC2(CC1)C(=O)N(CC(=O)N[C@@H]1CCN(C(=O)OC(C)(C)C)C1)CN2c1ccccc1. The van der Waals surface area contributed by atoms with Gasteiger partial charge in [0.15, 0.2) is 5.82 Å². The van der Waals surface area contributed by atoms with Crippen molar-refractivity contribution in [1.29, 1.82) is 0 Å². The summed E-state index contributed by atoms with van der Waals surface area (Å²) in [6.45, 7) is 12.5. The lowest BCUT2D eigenvalue weighted by molar-refractivity contribution is -0.139. The summed E-state index contributed by atoms with van der Waals surface area (Å²) >= 11 is 0. The number of piperidine rings is 1. The molecule has 4 amide bonds. The number of aromatic amines is 1. The number of benzene rings is 1. The molecule has 2 aromatic rings. The van der Waals surface area contributed by atoms with Crippen molar-refractivity contribution in [3.05, 3.63) is 47.7 Å². The maximum absolute atomic E-state index is 14.1. The molecule has 45 heavy (non-hydrogen) atoms. The Labute approximate surface area is 263 Å². The molecule has 1 atom stereocenters. The highest BCUT2D eigenvalue weighted by atomic mass is 16.6.